The Morgan fingerprint density at radius 1 is 1.03 bits per heavy atom. The number of anilines is 3. The Hall–Kier alpha value is -3.20. The number of nitrogens with one attached hydrogen (secondary N) is 2. The summed E-state index contributed by atoms with van der Waals surface area (Å²) >= 11 is 1.39. The standard InChI is InChI=1S/C20H21FN6OS/c21-15-8-6-14(7-9-15)10-11-23-18(28)13-29-12-17-25-19(22)27-20(26-17)24-16-4-2-1-3-5-16/h1-9H,10-13H2,(H,23,28)(H3,22,24,25,26,27). The maximum atomic E-state index is 12.9. The number of nitrogens with two attached hydrogens (primary N) is 1. The highest BCUT2D eigenvalue weighted by atomic mass is 32.2. The Morgan fingerprint density at radius 2 is 1.79 bits per heavy atom. The molecule has 3 aromatic rings. The average molecular weight is 412 g/mol. The number of thioether (sulfide) groups is 1. The number of benzene rings is 2. The van der Waals surface area contributed by atoms with E-state index in [-0.39, 0.29) is 23.4 Å². The van der Waals surface area contributed by atoms with Gasteiger partial charge in [-0.1, -0.05) is 30.3 Å². The number of nitrogen functional groups attached to an aromatic ring is 1. The van der Waals surface area contributed by atoms with Crippen molar-refractivity contribution in [3.05, 3.63) is 71.8 Å². The molecule has 0 aliphatic rings. The van der Waals surface area contributed by atoms with Crippen LogP contribution in [0.3, 0.4) is 0 Å². The number of halogens is 1. The maximum absolute atomic E-state index is 12.9. The number of hydrogen-bond donors (Lipinski definition) is 3. The van der Waals surface area contributed by atoms with Gasteiger partial charge in [0.1, 0.15) is 11.6 Å². The maximum Gasteiger partial charge on any atom is 0.232 e. The molecule has 0 aliphatic heterocycles. The van der Waals surface area contributed by atoms with Gasteiger partial charge in [0, 0.05) is 12.2 Å². The average Bonchev–Trinajstić information content (AvgIpc) is 2.70. The second-order valence-electron chi connectivity index (χ2n) is 6.14. The van der Waals surface area contributed by atoms with Gasteiger partial charge >= 0.3 is 0 Å². The topological polar surface area (TPSA) is 106 Å². The minimum absolute atomic E-state index is 0.0817. The number of amides is 1. The van der Waals surface area contributed by atoms with E-state index in [0.29, 0.717) is 30.5 Å². The van der Waals surface area contributed by atoms with Crippen LogP contribution in [0.2, 0.25) is 0 Å². The second-order valence-corrected chi connectivity index (χ2v) is 7.13. The number of aromatic nitrogens is 3. The molecule has 9 heteroatoms. The molecule has 29 heavy (non-hydrogen) atoms. The van der Waals surface area contributed by atoms with E-state index in [1.807, 2.05) is 30.3 Å². The van der Waals surface area contributed by atoms with Gasteiger partial charge in [-0.3, -0.25) is 4.79 Å². The lowest BCUT2D eigenvalue weighted by molar-refractivity contribution is -0.118. The first-order valence-corrected chi connectivity index (χ1v) is 10.2. The highest BCUT2D eigenvalue weighted by Gasteiger charge is 2.07. The third-order valence-electron chi connectivity index (χ3n) is 3.84. The zero-order chi connectivity index (χ0) is 20.5. The molecule has 3 rings (SSSR count). The van der Waals surface area contributed by atoms with Crippen molar-refractivity contribution in [3.63, 3.8) is 0 Å². The lowest BCUT2D eigenvalue weighted by Crippen LogP contribution is -2.27. The van der Waals surface area contributed by atoms with Crippen LogP contribution < -0.4 is 16.4 Å². The Balaban J connectivity index is 1.42. The van der Waals surface area contributed by atoms with Crippen LogP contribution in [0.25, 0.3) is 0 Å². The van der Waals surface area contributed by atoms with Gasteiger partial charge in [-0.2, -0.15) is 15.0 Å². The fourth-order valence-electron chi connectivity index (χ4n) is 2.49. The van der Waals surface area contributed by atoms with Crippen LogP contribution in [0, 0.1) is 5.82 Å². The minimum Gasteiger partial charge on any atom is -0.368 e. The monoisotopic (exact) mass is 412 g/mol. The summed E-state index contributed by atoms with van der Waals surface area (Å²) in [6.07, 6.45) is 0.648. The van der Waals surface area contributed by atoms with Gasteiger partial charge in [-0.05, 0) is 36.2 Å². The molecule has 0 unspecified atom stereocenters. The van der Waals surface area contributed by atoms with E-state index >= 15 is 0 Å². The zero-order valence-corrected chi connectivity index (χ0v) is 16.5. The molecule has 0 saturated heterocycles. The summed E-state index contributed by atoms with van der Waals surface area (Å²) in [7, 11) is 0. The molecular weight excluding hydrogens is 391 g/mol. The first-order chi connectivity index (χ1) is 14.1. The molecule has 150 valence electrons. The van der Waals surface area contributed by atoms with Gasteiger partial charge in [-0.15, -0.1) is 11.8 Å². The Labute approximate surface area is 172 Å². The molecule has 4 N–H and O–H groups in total. The highest BCUT2D eigenvalue weighted by Crippen LogP contribution is 2.15. The number of nitrogens with zero attached hydrogens (tertiary/aromatic N) is 3. The van der Waals surface area contributed by atoms with Crippen molar-refractivity contribution in [2.24, 2.45) is 0 Å². The lowest BCUT2D eigenvalue weighted by Gasteiger charge is -2.08. The number of hydrogen-bond acceptors (Lipinski definition) is 7. The van der Waals surface area contributed by atoms with Gasteiger partial charge in [0.2, 0.25) is 17.8 Å². The van der Waals surface area contributed by atoms with Gasteiger partial charge in [-0.25, -0.2) is 4.39 Å². The summed E-state index contributed by atoms with van der Waals surface area (Å²) in [5.74, 6) is 1.34. The molecule has 0 atom stereocenters. The molecule has 1 amide bonds. The molecular formula is C20H21FN6OS. The van der Waals surface area contributed by atoms with Crippen LogP contribution >= 0.6 is 11.8 Å². The Kier molecular flexibility index (Phi) is 7.34. The molecule has 2 aromatic carbocycles. The van der Waals surface area contributed by atoms with Gasteiger partial charge in [0.25, 0.3) is 0 Å². The minimum atomic E-state index is -0.268. The molecule has 1 heterocycles. The van der Waals surface area contributed by atoms with Crippen molar-refractivity contribution in [1.82, 2.24) is 20.3 Å². The molecule has 7 nitrogen and oxygen atoms in total. The predicted octanol–water partition coefficient (Wildman–Crippen LogP) is 2.93. The van der Waals surface area contributed by atoms with E-state index < -0.39 is 0 Å². The first kappa shape index (κ1) is 20.5. The summed E-state index contributed by atoms with van der Waals surface area (Å²) in [4.78, 5) is 24.5. The van der Waals surface area contributed by atoms with Gasteiger partial charge in [0.05, 0.1) is 11.5 Å². The lowest BCUT2D eigenvalue weighted by atomic mass is 10.1. The van der Waals surface area contributed by atoms with Crippen LogP contribution in [-0.4, -0.2) is 33.2 Å². The van der Waals surface area contributed by atoms with Crippen LogP contribution in [0.15, 0.2) is 54.6 Å². The second kappa shape index (κ2) is 10.4. The fraction of sp³-hybridized carbons (Fsp3) is 0.200. The SMILES string of the molecule is Nc1nc(CSCC(=O)NCCc2ccc(F)cc2)nc(Nc2ccccc2)n1. The number of carbonyl (C=O) groups is 1. The van der Waals surface area contributed by atoms with Crippen molar-refractivity contribution in [2.45, 2.75) is 12.2 Å². The van der Waals surface area contributed by atoms with Crippen LogP contribution in [0.4, 0.5) is 22.0 Å². The van der Waals surface area contributed by atoms with E-state index in [4.69, 9.17) is 5.73 Å². The van der Waals surface area contributed by atoms with Crippen molar-refractivity contribution in [1.29, 1.82) is 0 Å². The fourth-order valence-corrected chi connectivity index (χ4v) is 3.19. The Bertz CT molecular complexity index is 939. The molecule has 0 radical (unpaired) electrons. The summed E-state index contributed by atoms with van der Waals surface area (Å²) in [5, 5.41) is 5.92. The largest absolute Gasteiger partial charge is 0.368 e. The third-order valence-corrected chi connectivity index (χ3v) is 4.77. The van der Waals surface area contributed by atoms with E-state index in [2.05, 4.69) is 25.6 Å². The molecule has 0 spiro atoms. The summed E-state index contributed by atoms with van der Waals surface area (Å²) in [6, 6.07) is 15.7. The van der Waals surface area contributed by atoms with Crippen molar-refractivity contribution in [2.75, 3.05) is 23.3 Å². The van der Waals surface area contributed by atoms with E-state index in [9.17, 15) is 9.18 Å². The van der Waals surface area contributed by atoms with Crippen LogP contribution in [-0.2, 0) is 17.0 Å². The summed E-state index contributed by atoms with van der Waals surface area (Å²) < 4.78 is 12.9. The van der Waals surface area contributed by atoms with Gasteiger partial charge < -0.3 is 16.4 Å². The normalized spacial score (nSPS) is 10.5. The van der Waals surface area contributed by atoms with Crippen molar-refractivity contribution < 1.29 is 9.18 Å². The predicted molar refractivity (Wildman–Crippen MR) is 113 cm³/mol. The number of carbonyl (C=O) groups excluding carboxylic acids is 1. The van der Waals surface area contributed by atoms with Gasteiger partial charge in [0.15, 0.2) is 0 Å². The highest BCUT2D eigenvalue weighted by molar-refractivity contribution is 7.99. The third kappa shape index (κ3) is 7.04. The number of rotatable bonds is 9. The number of para-hydroxylation sites is 1. The first-order valence-electron chi connectivity index (χ1n) is 9.00. The van der Waals surface area contributed by atoms with Crippen LogP contribution in [0.1, 0.15) is 11.4 Å². The summed E-state index contributed by atoms with van der Waals surface area (Å²) in [5.41, 5.74) is 7.58. The molecule has 1 aromatic heterocycles. The Morgan fingerprint density at radius 3 is 2.55 bits per heavy atom. The molecule has 0 fully saturated rings. The zero-order valence-electron chi connectivity index (χ0n) is 15.6. The van der Waals surface area contributed by atoms with E-state index in [1.165, 1.54) is 23.9 Å². The van der Waals surface area contributed by atoms with E-state index in [0.717, 1.165) is 11.3 Å². The molecule has 0 bridgehead atoms. The van der Waals surface area contributed by atoms with Crippen LogP contribution in [0.5, 0.6) is 0 Å². The van der Waals surface area contributed by atoms with Crippen molar-refractivity contribution >= 4 is 35.3 Å². The van der Waals surface area contributed by atoms with E-state index in [1.54, 1.807) is 12.1 Å². The molecule has 0 saturated carbocycles. The smallest absolute Gasteiger partial charge is 0.232 e. The quantitative estimate of drug-likeness (QED) is 0.496. The summed E-state index contributed by atoms with van der Waals surface area (Å²) in [6.45, 7) is 0.495. The van der Waals surface area contributed by atoms with Crippen molar-refractivity contribution in [3.8, 4) is 0 Å². The molecule has 0 aliphatic carbocycles.